The van der Waals surface area contributed by atoms with Crippen LogP contribution in [0.15, 0.2) is 12.1 Å². The Bertz CT molecular complexity index is 442. The first-order valence-corrected chi connectivity index (χ1v) is 7.13. The first-order valence-electron chi connectivity index (χ1n) is 7.13. The van der Waals surface area contributed by atoms with E-state index in [0.717, 1.165) is 17.8 Å². The van der Waals surface area contributed by atoms with Gasteiger partial charge in [0.2, 0.25) is 5.91 Å². The van der Waals surface area contributed by atoms with Crippen LogP contribution in [-0.2, 0) is 11.2 Å². The van der Waals surface area contributed by atoms with Crippen molar-refractivity contribution in [2.75, 3.05) is 10.6 Å². The SMILES string of the molecule is O=C1CCc2c[c-]cc(NC3CCCC3)c2N1.[CH2-]C.[K+]. The van der Waals surface area contributed by atoms with Crippen molar-refractivity contribution in [1.82, 2.24) is 0 Å². The summed E-state index contributed by atoms with van der Waals surface area (Å²) in [5, 5.41) is 6.52. The van der Waals surface area contributed by atoms with Gasteiger partial charge in [-0.05, 0) is 18.5 Å². The Morgan fingerprint density at radius 2 is 1.95 bits per heavy atom. The molecule has 104 valence electrons. The summed E-state index contributed by atoms with van der Waals surface area (Å²) in [6.07, 6.45) is 6.51. The molecule has 0 unspecified atom stereocenters. The summed E-state index contributed by atoms with van der Waals surface area (Å²) < 4.78 is 0. The van der Waals surface area contributed by atoms with Crippen LogP contribution < -0.4 is 62.0 Å². The van der Waals surface area contributed by atoms with E-state index >= 15 is 0 Å². The molecule has 0 aromatic heterocycles. The van der Waals surface area contributed by atoms with E-state index < -0.39 is 0 Å². The number of carbonyl (C=O) groups excluding carboxylic acids is 1. The van der Waals surface area contributed by atoms with E-state index in [2.05, 4.69) is 23.6 Å². The zero-order chi connectivity index (χ0) is 13.7. The third kappa shape index (κ3) is 4.57. The van der Waals surface area contributed by atoms with Crippen LogP contribution in [0, 0.1) is 13.0 Å². The summed E-state index contributed by atoms with van der Waals surface area (Å²) in [5.74, 6) is 0.123. The molecule has 1 aliphatic heterocycles. The van der Waals surface area contributed by atoms with Gasteiger partial charge in [0.1, 0.15) is 0 Å². The zero-order valence-corrected chi connectivity index (χ0v) is 15.7. The average Bonchev–Trinajstić information content (AvgIpc) is 2.95. The summed E-state index contributed by atoms with van der Waals surface area (Å²) >= 11 is 0. The number of nitrogens with one attached hydrogen (secondary N) is 2. The number of anilines is 2. The quantitative estimate of drug-likeness (QED) is 0.619. The van der Waals surface area contributed by atoms with E-state index in [9.17, 15) is 4.79 Å². The smallest absolute Gasteiger partial charge is 0.432 e. The third-order valence-corrected chi connectivity index (χ3v) is 3.68. The monoisotopic (exact) mass is 297 g/mol. The second kappa shape index (κ2) is 9.21. The normalized spacial score (nSPS) is 17.2. The molecule has 1 amide bonds. The summed E-state index contributed by atoms with van der Waals surface area (Å²) in [6, 6.07) is 7.66. The van der Waals surface area contributed by atoms with Gasteiger partial charge in [-0.2, -0.15) is 25.1 Å². The molecule has 0 atom stereocenters. The van der Waals surface area contributed by atoms with E-state index in [1.165, 1.54) is 31.2 Å². The Labute approximate surface area is 164 Å². The minimum atomic E-state index is 0. The van der Waals surface area contributed by atoms with Crippen LogP contribution in [0.3, 0.4) is 0 Å². The van der Waals surface area contributed by atoms with Gasteiger partial charge in [0, 0.05) is 12.5 Å². The van der Waals surface area contributed by atoms with Gasteiger partial charge in [-0.15, -0.1) is 5.56 Å². The van der Waals surface area contributed by atoms with Crippen LogP contribution in [0.1, 0.15) is 44.6 Å². The summed E-state index contributed by atoms with van der Waals surface area (Å²) in [4.78, 5) is 11.5. The minimum absolute atomic E-state index is 0. The summed E-state index contributed by atoms with van der Waals surface area (Å²) in [5.41, 5.74) is 3.22. The number of hydrogen-bond donors (Lipinski definition) is 2. The molecule has 1 saturated carbocycles. The van der Waals surface area contributed by atoms with Gasteiger partial charge in [-0.25, -0.2) is 0 Å². The van der Waals surface area contributed by atoms with E-state index in [1.54, 1.807) is 6.92 Å². The van der Waals surface area contributed by atoms with E-state index in [-0.39, 0.29) is 57.3 Å². The maximum atomic E-state index is 11.5. The van der Waals surface area contributed by atoms with Gasteiger partial charge >= 0.3 is 51.4 Å². The van der Waals surface area contributed by atoms with Crippen molar-refractivity contribution in [1.29, 1.82) is 0 Å². The minimum Gasteiger partial charge on any atom is -0.432 e. The van der Waals surface area contributed by atoms with Crippen molar-refractivity contribution in [2.24, 2.45) is 0 Å². The first-order chi connectivity index (χ1) is 9.33. The maximum Gasteiger partial charge on any atom is 1.00 e. The molecule has 1 fully saturated rings. The van der Waals surface area contributed by atoms with Gasteiger partial charge in [0.05, 0.1) is 0 Å². The molecule has 1 aliphatic carbocycles. The van der Waals surface area contributed by atoms with Gasteiger partial charge in [0.25, 0.3) is 0 Å². The Morgan fingerprint density at radius 1 is 1.25 bits per heavy atom. The van der Waals surface area contributed by atoms with Crippen LogP contribution >= 0.6 is 0 Å². The fourth-order valence-corrected chi connectivity index (χ4v) is 2.74. The van der Waals surface area contributed by atoms with Crippen molar-refractivity contribution in [2.45, 2.75) is 51.5 Å². The van der Waals surface area contributed by atoms with Gasteiger partial charge < -0.3 is 17.6 Å². The molecule has 4 heteroatoms. The second-order valence-electron chi connectivity index (χ2n) is 4.94. The summed E-state index contributed by atoms with van der Waals surface area (Å²) in [6.45, 7) is 5.00. The molecule has 0 radical (unpaired) electrons. The van der Waals surface area contributed by atoms with Crippen molar-refractivity contribution >= 4 is 17.3 Å². The number of benzene rings is 1. The average molecular weight is 297 g/mol. The molecule has 0 bridgehead atoms. The zero-order valence-electron chi connectivity index (χ0n) is 12.6. The van der Waals surface area contributed by atoms with E-state index in [4.69, 9.17) is 0 Å². The molecule has 0 spiro atoms. The Kier molecular flexibility index (Phi) is 8.37. The molecule has 20 heavy (non-hydrogen) atoms. The second-order valence-corrected chi connectivity index (χ2v) is 4.94. The van der Waals surface area contributed by atoms with Crippen molar-refractivity contribution in [3.63, 3.8) is 0 Å². The van der Waals surface area contributed by atoms with Gasteiger partial charge in [-0.3, -0.25) is 4.79 Å². The Balaban J connectivity index is 0.000000639. The van der Waals surface area contributed by atoms with Crippen LogP contribution in [0.5, 0.6) is 0 Å². The van der Waals surface area contributed by atoms with Crippen molar-refractivity contribution in [3.05, 3.63) is 30.7 Å². The molecular formula is C16H22KN2O-. The molecule has 3 rings (SSSR count). The number of carbonyl (C=O) groups is 1. The largest absolute Gasteiger partial charge is 1.00 e. The molecule has 1 aromatic rings. The molecule has 3 nitrogen and oxygen atoms in total. The predicted molar refractivity (Wildman–Crippen MR) is 79.1 cm³/mol. The van der Waals surface area contributed by atoms with Crippen molar-refractivity contribution in [3.8, 4) is 0 Å². The topological polar surface area (TPSA) is 41.1 Å². The van der Waals surface area contributed by atoms with Crippen molar-refractivity contribution < 1.29 is 56.2 Å². The van der Waals surface area contributed by atoms with Crippen LogP contribution in [0.25, 0.3) is 0 Å². The molecule has 0 saturated heterocycles. The van der Waals surface area contributed by atoms with Gasteiger partial charge in [0.15, 0.2) is 0 Å². The fraction of sp³-hybridized carbons (Fsp3) is 0.500. The van der Waals surface area contributed by atoms with Gasteiger partial charge in [-0.1, -0.05) is 24.9 Å². The van der Waals surface area contributed by atoms with E-state index in [0.29, 0.717) is 12.5 Å². The molecule has 1 heterocycles. The number of hydrogen-bond acceptors (Lipinski definition) is 2. The number of fused-ring (bicyclic) bond motifs is 1. The number of aryl methyl sites for hydroxylation is 1. The van der Waals surface area contributed by atoms with Crippen LogP contribution in [0.2, 0.25) is 0 Å². The summed E-state index contributed by atoms with van der Waals surface area (Å²) in [7, 11) is 0. The number of amides is 1. The Hall–Kier alpha value is 0.126. The molecule has 2 N–H and O–H groups in total. The molecule has 2 aliphatic rings. The molecular weight excluding hydrogens is 275 g/mol. The maximum absolute atomic E-state index is 11.5. The standard InChI is InChI=1S/C14H17N2O.C2H5.K/c17-13-9-8-10-4-3-7-12(14(10)16-13)15-11-5-1-2-6-11;1-2;/h4,7,11,15H,1-2,5-6,8-9H2,(H,16,17);1H2,2H3;/q2*-1;+1. The van der Waals surface area contributed by atoms with E-state index in [1.807, 2.05) is 12.1 Å². The predicted octanol–water partition coefficient (Wildman–Crippen LogP) is 0.570. The third-order valence-electron chi connectivity index (χ3n) is 3.68. The van der Waals surface area contributed by atoms with Crippen LogP contribution in [-0.4, -0.2) is 11.9 Å². The number of rotatable bonds is 2. The molecule has 1 aromatic carbocycles. The van der Waals surface area contributed by atoms with Crippen LogP contribution in [0.4, 0.5) is 11.4 Å². The first kappa shape index (κ1) is 18.2. The fourth-order valence-electron chi connectivity index (χ4n) is 2.74. The Morgan fingerprint density at radius 3 is 2.65 bits per heavy atom.